The van der Waals surface area contributed by atoms with Crippen molar-refractivity contribution in [1.29, 1.82) is 0 Å². The zero-order valence-electron chi connectivity index (χ0n) is 18.0. The molecule has 1 aliphatic heterocycles. The number of β-lactam (4-membered cyclic amide) rings is 1. The lowest BCUT2D eigenvalue weighted by molar-refractivity contribution is -0.123. The number of halogens is 2. The van der Waals surface area contributed by atoms with Crippen molar-refractivity contribution in [2.75, 3.05) is 16.7 Å². The summed E-state index contributed by atoms with van der Waals surface area (Å²) in [6.45, 7) is 0. The van der Waals surface area contributed by atoms with E-state index in [4.69, 9.17) is 27.9 Å². The van der Waals surface area contributed by atoms with Crippen LogP contribution in [0.5, 0.6) is 5.75 Å². The van der Waals surface area contributed by atoms with Gasteiger partial charge < -0.3 is 4.74 Å². The van der Waals surface area contributed by atoms with Crippen molar-refractivity contribution >= 4 is 72.6 Å². The van der Waals surface area contributed by atoms with Crippen molar-refractivity contribution in [1.82, 2.24) is 4.98 Å². The van der Waals surface area contributed by atoms with Gasteiger partial charge in [0.1, 0.15) is 11.1 Å². The highest BCUT2D eigenvalue weighted by molar-refractivity contribution is 7.92. The Bertz CT molecular complexity index is 1490. The molecule has 35 heavy (non-hydrogen) atoms. The van der Waals surface area contributed by atoms with Crippen LogP contribution in [0.15, 0.2) is 70.3 Å². The zero-order chi connectivity index (χ0) is 24.7. The number of carbonyl (C=O) groups excluding carboxylic acids is 1. The molecular formula is C23H17Cl2N3O4S3. The second-order valence-corrected chi connectivity index (χ2v) is 11.9. The Morgan fingerprint density at radius 1 is 1.11 bits per heavy atom. The van der Waals surface area contributed by atoms with E-state index in [9.17, 15) is 13.2 Å². The molecule has 7 nitrogen and oxygen atoms in total. The number of nitrogens with one attached hydrogen (secondary N) is 1. The van der Waals surface area contributed by atoms with E-state index in [0.29, 0.717) is 21.5 Å². The Hall–Kier alpha value is -2.63. The zero-order valence-corrected chi connectivity index (χ0v) is 22.0. The molecule has 0 bridgehead atoms. The fraction of sp³-hybridized carbons (Fsp3) is 0.130. The largest absolute Gasteiger partial charge is 0.495 e. The monoisotopic (exact) mass is 565 g/mol. The molecule has 180 valence electrons. The number of sulfonamides is 1. The quantitative estimate of drug-likeness (QED) is 0.218. The van der Waals surface area contributed by atoms with E-state index in [1.807, 2.05) is 22.9 Å². The van der Waals surface area contributed by atoms with Crippen LogP contribution in [0, 0.1) is 0 Å². The first-order valence-electron chi connectivity index (χ1n) is 10.2. The van der Waals surface area contributed by atoms with E-state index in [-0.39, 0.29) is 22.6 Å². The van der Waals surface area contributed by atoms with Crippen LogP contribution in [0.1, 0.15) is 10.9 Å². The number of aromatic nitrogens is 1. The standard InChI is InChI=1S/C23H17Cl2N3O4S3/c1-32-18-11-15(8-9-16(18)24)35(30,31)27-14-6-4-13(5-7-14)17-12-34-23(26-17)28-21(20(25)22(28)29)19-3-2-10-33-19/h2-12,20-21,27H,1H3. The molecule has 0 radical (unpaired) electrons. The van der Waals surface area contributed by atoms with Crippen LogP contribution in [-0.4, -0.2) is 31.8 Å². The summed E-state index contributed by atoms with van der Waals surface area (Å²) in [5.74, 6) is 0.0984. The average molecular weight is 567 g/mol. The molecule has 2 aromatic carbocycles. The van der Waals surface area contributed by atoms with Crippen LogP contribution >= 0.6 is 45.9 Å². The molecule has 12 heteroatoms. The number of anilines is 2. The van der Waals surface area contributed by atoms with Crippen molar-refractivity contribution < 1.29 is 17.9 Å². The number of ether oxygens (including phenoxy) is 1. The molecule has 5 rings (SSSR count). The third-order valence-corrected chi connectivity index (χ3v) is 9.33. The van der Waals surface area contributed by atoms with E-state index in [1.54, 1.807) is 40.5 Å². The molecule has 3 heterocycles. The van der Waals surface area contributed by atoms with E-state index < -0.39 is 15.4 Å². The van der Waals surface area contributed by atoms with Gasteiger partial charge in [0, 0.05) is 27.6 Å². The summed E-state index contributed by atoms with van der Waals surface area (Å²) in [4.78, 5) is 19.8. The van der Waals surface area contributed by atoms with Gasteiger partial charge in [0.15, 0.2) is 5.13 Å². The molecule has 0 saturated carbocycles. The Balaban J connectivity index is 1.33. The summed E-state index contributed by atoms with van der Waals surface area (Å²) in [5, 5.41) is 4.10. The lowest BCUT2D eigenvalue weighted by Gasteiger charge is -2.41. The fourth-order valence-corrected chi connectivity index (χ4v) is 7.06. The van der Waals surface area contributed by atoms with Crippen molar-refractivity contribution in [3.63, 3.8) is 0 Å². The minimum Gasteiger partial charge on any atom is -0.495 e. The summed E-state index contributed by atoms with van der Waals surface area (Å²) in [6, 6.07) is 14.7. The van der Waals surface area contributed by atoms with Gasteiger partial charge in [-0.3, -0.25) is 14.4 Å². The predicted molar refractivity (Wildman–Crippen MR) is 141 cm³/mol. The second-order valence-electron chi connectivity index (χ2n) is 7.56. The normalized spacial score (nSPS) is 17.8. The van der Waals surface area contributed by atoms with E-state index in [2.05, 4.69) is 9.71 Å². The number of amides is 1. The molecule has 1 fully saturated rings. The van der Waals surface area contributed by atoms with Crippen LogP contribution in [-0.2, 0) is 14.8 Å². The van der Waals surface area contributed by atoms with Gasteiger partial charge in [0.05, 0.1) is 28.8 Å². The van der Waals surface area contributed by atoms with Gasteiger partial charge in [-0.25, -0.2) is 13.4 Å². The Kier molecular flexibility index (Phi) is 6.49. The Morgan fingerprint density at radius 3 is 2.57 bits per heavy atom. The number of nitrogens with zero attached hydrogens (tertiary/aromatic N) is 2. The van der Waals surface area contributed by atoms with Gasteiger partial charge in [0.25, 0.3) is 10.0 Å². The first kappa shape index (κ1) is 24.1. The highest BCUT2D eigenvalue weighted by Crippen LogP contribution is 2.45. The van der Waals surface area contributed by atoms with Gasteiger partial charge in [-0.2, -0.15) is 0 Å². The first-order valence-corrected chi connectivity index (χ1v) is 14.3. The smallest absolute Gasteiger partial charge is 0.262 e. The maximum atomic E-state index is 12.8. The Labute approximate surface area is 220 Å². The van der Waals surface area contributed by atoms with Crippen molar-refractivity contribution in [2.45, 2.75) is 16.3 Å². The molecule has 1 saturated heterocycles. The number of hydrogen-bond acceptors (Lipinski definition) is 7. The third kappa shape index (κ3) is 4.52. The molecule has 2 atom stereocenters. The van der Waals surface area contributed by atoms with Crippen LogP contribution in [0.2, 0.25) is 5.02 Å². The fourth-order valence-electron chi connectivity index (χ4n) is 3.64. The molecule has 2 unspecified atom stereocenters. The van der Waals surface area contributed by atoms with Crippen molar-refractivity contribution in [2.24, 2.45) is 0 Å². The van der Waals surface area contributed by atoms with Crippen molar-refractivity contribution in [3.8, 4) is 17.0 Å². The summed E-state index contributed by atoms with van der Waals surface area (Å²) >= 11 is 15.2. The lowest BCUT2D eigenvalue weighted by Crippen LogP contribution is -2.56. The number of carbonyl (C=O) groups is 1. The SMILES string of the molecule is COc1cc(S(=O)(=O)Nc2ccc(-c3csc(N4C(=O)C(Cl)C4c4cccs4)n3)cc2)ccc1Cl. The number of thiazole rings is 1. The van der Waals surface area contributed by atoms with Gasteiger partial charge >= 0.3 is 0 Å². The first-order chi connectivity index (χ1) is 16.8. The number of alkyl halides is 1. The van der Waals surface area contributed by atoms with Crippen LogP contribution in [0.3, 0.4) is 0 Å². The summed E-state index contributed by atoms with van der Waals surface area (Å²) in [6.07, 6.45) is 0. The van der Waals surface area contributed by atoms with Gasteiger partial charge in [-0.1, -0.05) is 29.8 Å². The number of methoxy groups -OCH3 is 1. The topological polar surface area (TPSA) is 88.6 Å². The minimum absolute atomic E-state index is 0.0316. The highest BCUT2D eigenvalue weighted by Gasteiger charge is 2.49. The third-order valence-electron chi connectivity index (χ3n) is 5.43. The maximum Gasteiger partial charge on any atom is 0.262 e. The van der Waals surface area contributed by atoms with Crippen LogP contribution < -0.4 is 14.4 Å². The van der Waals surface area contributed by atoms with Crippen LogP contribution in [0.25, 0.3) is 11.3 Å². The molecular weight excluding hydrogens is 549 g/mol. The van der Waals surface area contributed by atoms with Crippen LogP contribution in [0.4, 0.5) is 10.8 Å². The number of hydrogen-bond donors (Lipinski definition) is 1. The molecule has 1 N–H and O–H groups in total. The molecule has 2 aromatic heterocycles. The van der Waals surface area contributed by atoms with Gasteiger partial charge in [0.2, 0.25) is 5.91 Å². The Morgan fingerprint density at radius 2 is 1.89 bits per heavy atom. The number of benzene rings is 2. The molecule has 0 aliphatic carbocycles. The van der Waals surface area contributed by atoms with Gasteiger partial charge in [-0.05, 0) is 35.7 Å². The molecule has 1 amide bonds. The second kappa shape index (κ2) is 9.44. The molecule has 1 aliphatic rings. The average Bonchev–Trinajstić information content (AvgIpc) is 3.54. The highest BCUT2D eigenvalue weighted by atomic mass is 35.5. The lowest BCUT2D eigenvalue weighted by atomic mass is 10.0. The van der Waals surface area contributed by atoms with Crippen molar-refractivity contribution in [3.05, 3.63) is 75.3 Å². The summed E-state index contributed by atoms with van der Waals surface area (Å²) < 4.78 is 33.2. The molecule has 4 aromatic rings. The van der Waals surface area contributed by atoms with E-state index in [0.717, 1.165) is 10.4 Å². The number of rotatable bonds is 7. The maximum absolute atomic E-state index is 12.8. The summed E-state index contributed by atoms with van der Waals surface area (Å²) in [7, 11) is -2.42. The number of thiophene rings is 1. The molecule has 0 spiro atoms. The minimum atomic E-state index is -3.84. The summed E-state index contributed by atoms with van der Waals surface area (Å²) in [5.41, 5.74) is 1.85. The van der Waals surface area contributed by atoms with Gasteiger partial charge in [-0.15, -0.1) is 34.3 Å². The van der Waals surface area contributed by atoms with E-state index in [1.165, 1.54) is 36.6 Å². The predicted octanol–water partition coefficient (Wildman–Crippen LogP) is 6.03. The van der Waals surface area contributed by atoms with E-state index >= 15 is 0 Å².